The molecule has 3 rings (SSSR count). The maximum atomic E-state index is 14.6. The Kier molecular flexibility index (Phi) is 10.1. The minimum absolute atomic E-state index is 0.00444. The zero-order valence-electron chi connectivity index (χ0n) is 21.6. The lowest BCUT2D eigenvalue weighted by Crippen LogP contribution is -2.50. The molecule has 208 valence electrons. The number of carbonyl (C=O) groups excluding carboxylic acids is 2. The van der Waals surface area contributed by atoms with E-state index in [-0.39, 0.29) is 43.6 Å². The van der Waals surface area contributed by atoms with Gasteiger partial charge in [0.2, 0.25) is 21.8 Å². The van der Waals surface area contributed by atoms with Crippen molar-refractivity contribution in [2.24, 2.45) is 0 Å². The predicted octanol–water partition coefficient (Wildman–Crippen LogP) is 4.04. The highest BCUT2D eigenvalue weighted by Crippen LogP contribution is 2.22. The molecular weight excluding hydrogens is 531 g/mol. The molecule has 3 aromatic carbocycles. The summed E-state index contributed by atoms with van der Waals surface area (Å²) in [4.78, 5) is 27.8. The van der Waals surface area contributed by atoms with Crippen molar-refractivity contribution < 1.29 is 31.2 Å². The van der Waals surface area contributed by atoms with Crippen molar-refractivity contribution in [2.45, 2.75) is 31.8 Å². The summed E-state index contributed by atoms with van der Waals surface area (Å²) < 4.78 is 67.3. The molecule has 2 amide bonds. The first-order valence-electron chi connectivity index (χ1n) is 12.2. The van der Waals surface area contributed by atoms with Crippen molar-refractivity contribution >= 4 is 27.5 Å². The first-order chi connectivity index (χ1) is 18.5. The Morgan fingerprint density at radius 2 is 1.56 bits per heavy atom. The third-order valence-corrected chi connectivity index (χ3v) is 7.35. The van der Waals surface area contributed by atoms with Crippen LogP contribution in [0.1, 0.15) is 24.0 Å². The van der Waals surface area contributed by atoms with Gasteiger partial charge in [-0.1, -0.05) is 48.5 Å². The Bertz CT molecular complexity index is 1400. The maximum absolute atomic E-state index is 14.6. The molecule has 0 aliphatic rings. The van der Waals surface area contributed by atoms with E-state index in [1.54, 1.807) is 18.2 Å². The van der Waals surface area contributed by atoms with Crippen molar-refractivity contribution in [2.75, 3.05) is 24.2 Å². The number of likely N-dealkylation sites (N-methyl/N-ethyl adjacent to an activating group) is 1. The third-order valence-electron chi connectivity index (χ3n) is 6.16. The monoisotopic (exact) mass is 561 g/mol. The van der Waals surface area contributed by atoms with Crippen LogP contribution < -0.4 is 9.62 Å². The van der Waals surface area contributed by atoms with Gasteiger partial charge in [-0.2, -0.15) is 0 Å². The number of rotatable bonds is 12. The van der Waals surface area contributed by atoms with Gasteiger partial charge in [0.1, 0.15) is 11.9 Å². The molecule has 1 atom stereocenters. The van der Waals surface area contributed by atoms with Crippen molar-refractivity contribution in [1.82, 2.24) is 10.2 Å². The van der Waals surface area contributed by atoms with Crippen LogP contribution in [-0.4, -0.2) is 51.0 Å². The first-order valence-corrected chi connectivity index (χ1v) is 14.1. The second kappa shape index (κ2) is 13.3. The van der Waals surface area contributed by atoms with Gasteiger partial charge in [0, 0.05) is 44.6 Å². The number of carbonyl (C=O) groups is 2. The Morgan fingerprint density at radius 3 is 2.18 bits per heavy atom. The van der Waals surface area contributed by atoms with Crippen LogP contribution in [0.5, 0.6) is 0 Å². The number of hydrogen-bond donors (Lipinski definition) is 1. The van der Waals surface area contributed by atoms with E-state index in [2.05, 4.69) is 5.32 Å². The SMILES string of the molecule is CNC(=O)[C@H](Cc1ccccc1)N(Cc1ccccc1F)C(=O)CCCN(c1ccc(F)c(F)c1)S(C)(=O)=O. The van der Waals surface area contributed by atoms with Gasteiger partial charge in [0.25, 0.3) is 0 Å². The zero-order chi connectivity index (χ0) is 28.6. The minimum Gasteiger partial charge on any atom is -0.357 e. The van der Waals surface area contributed by atoms with E-state index in [1.807, 2.05) is 18.2 Å². The molecule has 0 radical (unpaired) electrons. The number of hydrogen-bond acceptors (Lipinski definition) is 4. The van der Waals surface area contributed by atoms with E-state index in [4.69, 9.17) is 0 Å². The Morgan fingerprint density at radius 1 is 0.897 bits per heavy atom. The fourth-order valence-electron chi connectivity index (χ4n) is 4.17. The Labute approximate surface area is 226 Å². The topological polar surface area (TPSA) is 86.8 Å². The molecule has 0 spiro atoms. The molecule has 0 heterocycles. The number of benzene rings is 3. The second-order valence-corrected chi connectivity index (χ2v) is 10.9. The maximum Gasteiger partial charge on any atom is 0.242 e. The molecule has 3 aromatic rings. The Balaban J connectivity index is 1.86. The van der Waals surface area contributed by atoms with E-state index in [1.165, 1.54) is 30.1 Å². The van der Waals surface area contributed by atoms with Gasteiger partial charge >= 0.3 is 0 Å². The highest BCUT2D eigenvalue weighted by atomic mass is 32.2. The summed E-state index contributed by atoms with van der Waals surface area (Å²) in [5.74, 6) is -3.80. The summed E-state index contributed by atoms with van der Waals surface area (Å²) in [7, 11) is -2.45. The number of halogens is 3. The van der Waals surface area contributed by atoms with Crippen molar-refractivity contribution in [3.63, 3.8) is 0 Å². The summed E-state index contributed by atoms with van der Waals surface area (Å²) in [6.07, 6.45) is 0.907. The standard InChI is InChI=1S/C28H30F3N3O4S/c1-32-28(36)26(17-20-9-4-3-5-10-20)33(19-21-11-6-7-12-23(21)29)27(35)13-8-16-34(39(2,37)38)22-14-15-24(30)25(31)18-22/h3-7,9-12,14-15,18,26H,8,13,16-17,19H2,1-2H3,(H,32,36)/t26-/m0/s1. The number of anilines is 1. The van der Waals surface area contributed by atoms with Gasteiger partial charge in [0.15, 0.2) is 11.6 Å². The largest absolute Gasteiger partial charge is 0.357 e. The predicted molar refractivity (Wildman–Crippen MR) is 143 cm³/mol. The van der Waals surface area contributed by atoms with Crippen LogP contribution in [0, 0.1) is 17.5 Å². The van der Waals surface area contributed by atoms with Crippen LogP contribution in [0.4, 0.5) is 18.9 Å². The highest BCUT2D eigenvalue weighted by Gasteiger charge is 2.30. The fraction of sp³-hybridized carbons (Fsp3) is 0.286. The molecule has 39 heavy (non-hydrogen) atoms. The van der Waals surface area contributed by atoms with E-state index in [0.717, 1.165) is 34.3 Å². The number of sulfonamides is 1. The molecular formula is C28H30F3N3O4S. The first kappa shape index (κ1) is 29.7. The van der Waals surface area contributed by atoms with E-state index >= 15 is 0 Å². The average molecular weight is 562 g/mol. The highest BCUT2D eigenvalue weighted by molar-refractivity contribution is 7.92. The molecule has 0 aliphatic carbocycles. The van der Waals surface area contributed by atoms with E-state index < -0.39 is 45.3 Å². The van der Waals surface area contributed by atoms with Gasteiger partial charge in [-0.15, -0.1) is 0 Å². The molecule has 0 saturated heterocycles. The molecule has 0 bridgehead atoms. The minimum atomic E-state index is -3.89. The van der Waals surface area contributed by atoms with Crippen LogP contribution in [0.25, 0.3) is 0 Å². The van der Waals surface area contributed by atoms with Gasteiger partial charge in [-0.25, -0.2) is 21.6 Å². The van der Waals surface area contributed by atoms with Gasteiger partial charge in [-0.3, -0.25) is 13.9 Å². The molecule has 0 saturated carbocycles. The normalized spacial score (nSPS) is 12.0. The average Bonchev–Trinajstić information content (AvgIpc) is 2.90. The Hall–Kier alpha value is -3.86. The van der Waals surface area contributed by atoms with Crippen LogP contribution in [0.2, 0.25) is 0 Å². The summed E-state index contributed by atoms with van der Waals surface area (Å²) in [6, 6.07) is 16.7. The van der Waals surface area contributed by atoms with Crippen LogP contribution in [0.15, 0.2) is 72.8 Å². The quantitative estimate of drug-likeness (QED) is 0.362. The van der Waals surface area contributed by atoms with Crippen molar-refractivity contribution in [3.05, 3.63) is 101 Å². The lowest BCUT2D eigenvalue weighted by atomic mass is 10.0. The van der Waals surface area contributed by atoms with Gasteiger partial charge in [0.05, 0.1) is 11.9 Å². The molecule has 7 nitrogen and oxygen atoms in total. The lowest BCUT2D eigenvalue weighted by molar-refractivity contribution is -0.141. The molecule has 0 aromatic heterocycles. The van der Waals surface area contributed by atoms with E-state index in [0.29, 0.717) is 0 Å². The smallest absolute Gasteiger partial charge is 0.242 e. The number of nitrogens with one attached hydrogen (secondary N) is 1. The molecule has 1 N–H and O–H groups in total. The van der Waals surface area contributed by atoms with Crippen LogP contribution in [-0.2, 0) is 32.6 Å². The number of amides is 2. The molecule has 0 unspecified atom stereocenters. The summed E-state index contributed by atoms with van der Waals surface area (Å²) in [5.41, 5.74) is 0.922. The van der Waals surface area contributed by atoms with Crippen LogP contribution in [0.3, 0.4) is 0 Å². The second-order valence-electron chi connectivity index (χ2n) is 8.97. The molecule has 0 fully saturated rings. The molecule has 0 aliphatic heterocycles. The summed E-state index contributed by atoms with van der Waals surface area (Å²) in [6.45, 7) is -0.387. The van der Waals surface area contributed by atoms with E-state index in [9.17, 15) is 31.2 Å². The van der Waals surface area contributed by atoms with Crippen molar-refractivity contribution in [3.8, 4) is 0 Å². The zero-order valence-corrected chi connectivity index (χ0v) is 22.4. The van der Waals surface area contributed by atoms with Gasteiger partial charge < -0.3 is 10.2 Å². The summed E-state index contributed by atoms with van der Waals surface area (Å²) in [5, 5.41) is 2.57. The summed E-state index contributed by atoms with van der Waals surface area (Å²) >= 11 is 0. The van der Waals surface area contributed by atoms with Crippen LogP contribution >= 0.6 is 0 Å². The van der Waals surface area contributed by atoms with Gasteiger partial charge in [-0.05, 0) is 30.2 Å². The fourth-order valence-corrected chi connectivity index (χ4v) is 5.13. The van der Waals surface area contributed by atoms with Crippen molar-refractivity contribution in [1.29, 1.82) is 0 Å². The lowest BCUT2D eigenvalue weighted by Gasteiger charge is -2.31. The number of nitrogens with zero attached hydrogens (tertiary/aromatic N) is 2. The third kappa shape index (κ3) is 8.06. The molecule has 11 heteroatoms.